The van der Waals surface area contributed by atoms with Crippen LogP contribution in [0.5, 0.6) is 0 Å². The molecule has 7 atom stereocenters. The zero-order valence-electron chi connectivity index (χ0n) is 34.5. The zero-order chi connectivity index (χ0) is 40.6. The molecule has 13 heteroatoms. The number of rotatable bonds is 37. The van der Waals surface area contributed by atoms with Gasteiger partial charge in [-0.3, -0.25) is 9.35 Å². The van der Waals surface area contributed by atoms with Crippen LogP contribution in [0.2, 0.25) is 0 Å². The fourth-order valence-corrected chi connectivity index (χ4v) is 7.61. The molecule has 1 saturated heterocycles. The summed E-state index contributed by atoms with van der Waals surface area (Å²) in [5.74, 6) is -0.263. The van der Waals surface area contributed by atoms with Crippen molar-refractivity contribution in [2.75, 3.05) is 13.2 Å². The molecule has 6 N–H and O–H groups in total. The Balaban J connectivity index is 2.56. The molecule has 12 nitrogen and oxygen atoms in total. The molecule has 0 spiro atoms. The Bertz CT molecular complexity index is 1050. The van der Waals surface area contributed by atoms with Crippen molar-refractivity contribution in [1.82, 2.24) is 5.32 Å². The maximum Gasteiger partial charge on any atom is 0.397 e. The fraction of sp³-hybridized carbons (Fsp3) is 0.929. The fourth-order valence-electron chi connectivity index (χ4n) is 7.10. The van der Waals surface area contributed by atoms with Crippen LogP contribution in [0, 0.1) is 0 Å². The summed E-state index contributed by atoms with van der Waals surface area (Å²) in [6.07, 6.45) is 26.8. The van der Waals surface area contributed by atoms with Gasteiger partial charge in [-0.2, -0.15) is 8.42 Å². The maximum atomic E-state index is 13.0. The second-order valence-corrected chi connectivity index (χ2v) is 16.7. The number of allylic oxidation sites excluding steroid dienone is 1. The molecule has 0 saturated carbocycles. The van der Waals surface area contributed by atoms with Crippen molar-refractivity contribution in [3.8, 4) is 0 Å². The predicted molar refractivity (Wildman–Crippen MR) is 218 cm³/mol. The van der Waals surface area contributed by atoms with Crippen LogP contribution in [0.25, 0.3) is 0 Å². The van der Waals surface area contributed by atoms with Gasteiger partial charge in [0.15, 0.2) is 6.29 Å². The van der Waals surface area contributed by atoms with Gasteiger partial charge in [-0.25, -0.2) is 4.18 Å². The number of nitrogens with one attached hydrogen (secondary N) is 1. The van der Waals surface area contributed by atoms with E-state index in [9.17, 15) is 33.6 Å². The first-order valence-electron chi connectivity index (χ1n) is 22.1. The van der Waals surface area contributed by atoms with E-state index in [4.69, 9.17) is 14.0 Å². The van der Waals surface area contributed by atoms with Crippen molar-refractivity contribution in [2.45, 2.75) is 236 Å². The van der Waals surface area contributed by atoms with E-state index in [1.807, 2.05) is 6.08 Å². The Kier molecular flexibility index (Phi) is 31.8. The standard InChI is InChI=1S/C42H81NO11S/c1-3-5-7-9-11-13-15-17-18-19-20-21-23-25-27-29-31-36(45)35(43-38(46)32-30-28-26-24-22-16-14-12-10-8-6-4-2)34-52-42-40(48)41(54-55(49,50)51)39(47)37(33-44)53-42/h29,31,35-37,39-42,44-45,47-48H,3-28,30,32-34H2,1-2H3,(H,43,46)(H,49,50,51)/b31-29+. The van der Waals surface area contributed by atoms with Crippen LogP contribution >= 0.6 is 0 Å². The first kappa shape index (κ1) is 51.9. The summed E-state index contributed by atoms with van der Waals surface area (Å²) in [4.78, 5) is 13.0. The third-order valence-corrected chi connectivity index (χ3v) is 11.0. The number of aliphatic hydroxyl groups excluding tert-OH is 4. The summed E-state index contributed by atoms with van der Waals surface area (Å²) in [6.45, 7) is 3.37. The van der Waals surface area contributed by atoms with Gasteiger partial charge in [0.2, 0.25) is 5.91 Å². The molecule has 1 aliphatic heterocycles. The largest absolute Gasteiger partial charge is 0.397 e. The summed E-state index contributed by atoms with van der Waals surface area (Å²) in [7, 11) is -5.08. The molecule has 0 radical (unpaired) electrons. The van der Waals surface area contributed by atoms with Crippen LogP contribution in [0.4, 0.5) is 0 Å². The quantitative estimate of drug-likeness (QED) is 0.0203. The molecule has 1 rings (SSSR count). The SMILES string of the molecule is CCCCCCCCCCCCCCCC/C=C/C(O)C(COC1OC(CO)C(O)C(OS(=O)(=O)O)C1O)NC(=O)CCCCCCCCCCCCCC. The van der Waals surface area contributed by atoms with E-state index in [0.717, 1.165) is 38.5 Å². The molecule has 326 valence electrons. The third-order valence-electron chi connectivity index (χ3n) is 10.6. The van der Waals surface area contributed by atoms with Crippen molar-refractivity contribution in [3.63, 3.8) is 0 Å². The van der Waals surface area contributed by atoms with Crippen LogP contribution in [-0.2, 0) is 28.9 Å². The van der Waals surface area contributed by atoms with Gasteiger partial charge in [-0.1, -0.05) is 180 Å². The smallest absolute Gasteiger partial charge is 0.394 e. The second kappa shape index (κ2) is 33.8. The average Bonchev–Trinajstić information content (AvgIpc) is 3.15. The topological polar surface area (TPSA) is 192 Å². The van der Waals surface area contributed by atoms with Gasteiger partial charge in [-0.15, -0.1) is 0 Å². The van der Waals surface area contributed by atoms with Gasteiger partial charge in [-0.05, 0) is 19.3 Å². The summed E-state index contributed by atoms with van der Waals surface area (Å²) < 4.78 is 47.5. The van der Waals surface area contributed by atoms with Gasteiger partial charge < -0.3 is 35.2 Å². The van der Waals surface area contributed by atoms with Gasteiger partial charge in [0.1, 0.15) is 24.4 Å². The lowest BCUT2D eigenvalue weighted by Gasteiger charge is -2.41. The van der Waals surface area contributed by atoms with Gasteiger partial charge >= 0.3 is 10.4 Å². The first-order chi connectivity index (χ1) is 26.5. The van der Waals surface area contributed by atoms with Crippen molar-refractivity contribution < 1.29 is 51.8 Å². The Morgan fingerprint density at radius 1 is 0.709 bits per heavy atom. The highest BCUT2D eigenvalue weighted by Gasteiger charge is 2.48. The van der Waals surface area contributed by atoms with Gasteiger partial charge in [0, 0.05) is 6.42 Å². The number of amides is 1. The minimum Gasteiger partial charge on any atom is -0.394 e. The van der Waals surface area contributed by atoms with Crippen LogP contribution in [0.1, 0.15) is 194 Å². The number of carbonyl (C=O) groups excluding carboxylic acids is 1. The van der Waals surface area contributed by atoms with E-state index < -0.39 is 59.9 Å². The van der Waals surface area contributed by atoms with E-state index in [1.54, 1.807) is 6.08 Å². The molecule has 0 aromatic rings. The molecule has 0 aliphatic carbocycles. The monoisotopic (exact) mass is 808 g/mol. The van der Waals surface area contributed by atoms with E-state index in [1.165, 1.54) is 128 Å². The lowest BCUT2D eigenvalue weighted by molar-refractivity contribution is -0.298. The van der Waals surface area contributed by atoms with E-state index >= 15 is 0 Å². The average molecular weight is 808 g/mol. The molecular formula is C42H81NO11S. The number of carbonyl (C=O) groups is 1. The molecule has 0 bridgehead atoms. The van der Waals surface area contributed by atoms with Crippen molar-refractivity contribution in [3.05, 3.63) is 12.2 Å². The second-order valence-electron chi connectivity index (χ2n) is 15.6. The first-order valence-corrected chi connectivity index (χ1v) is 23.4. The Labute approximate surface area is 334 Å². The van der Waals surface area contributed by atoms with Crippen LogP contribution < -0.4 is 5.32 Å². The highest BCUT2D eigenvalue weighted by atomic mass is 32.3. The van der Waals surface area contributed by atoms with Gasteiger partial charge in [0.25, 0.3) is 0 Å². The molecular weight excluding hydrogens is 727 g/mol. The van der Waals surface area contributed by atoms with E-state index in [2.05, 4.69) is 23.3 Å². The lowest BCUT2D eigenvalue weighted by atomic mass is 9.99. The highest BCUT2D eigenvalue weighted by Crippen LogP contribution is 2.26. The minimum absolute atomic E-state index is 0.263. The molecule has 0 aromatic carbocycles. The Morgan fingerprint density at radius 3 is 1.58 bits per heavy atom. The minimum atomic E-state index is -5.08. The summed E-state index contributed by atoms with van der Waals surface area (Å²) in [5.41, 5.74) is 0. The number of unbranched alkanes of at least 4 members (excludes halogenated alkanes) is 25. The molecule has 7 unspecified atom stereocenters. The molecule has 1 fully saturated rings. The van der Waals surface area contributed by atoms with Crippen LogP contribution in [0.15, 0.2) is 12.2 Å². The van der Waals surface area contributed by atoms with Crippen LogP contribution in [-0.4, -0.2) is 95.4 Å². The van der Waals surface area contributed by atoms with Gasteiger partial charge in [0.05, 0.1) is 25.4 Å². The molecule has 1 aliphatic rings. The predicted octanol–water partition coefficient (Wildman–Crippen LogP) is 7.99. The molecule has 55 heavy (non-hydrogen) atoms. The Morgan fingerprint density at radius 2 is 1.15 bits per heavy atom. The summed E-state index contributed by atoms with van der Waals surface area (Å²) >= 11 is 0. The Hall–Kier alpha value is -1.16. The number of hydrogen-bond acceptors (Lipinski definition) is 10. The van der Waals surface area contributed by atoms with E-state index in [0.29, 0.717) is 6.42 Å². The maximum absolute atomic E-state index is 13.0. The van der Waals surface area contributed by atoms with Crippen LogP contribution in [0.3, 0.4) is 0 Å². The van der Waals surface area contributed by atoms with Crippen molar-refractivity contribution in [2.24, 2.45) is 0 Å². The third kappa shape index (κ3) is 27.2. The molecule has 1 heterocycles. The number of hydrogen-bond donors (Lipinski definition) is 6. The number of ether oxygens (including phenoxy) is 2. The molecule has 1 amide bonds. The zero-order valence-corrected chi connectivity index (χ0v) is 35.3. The van der Waals surface area contributed by atoms with E-state index in [-0.39, 0.29) is 18.9 Å². The lowest BCUT2D eigenvalue weighted by Crippen LogP contribution is -2.61. The summed E-state index contributed by atoms with van der Waals surface area (Å²) in [6, 6.07) is -0.936. The normalized spacial score (nSPS) is 21.6. The molecule has 0 aromatic heterocycles. The highest BCUT2D eigenvalue weighted by molar-refractivity contribution is 7.80. The summed E-state index contributed by atoms with van der Waals surface area (Å²) in [5, 5.41) is 44.6. The number of aliphatic hydroxyl groups is 4. The van der Waals surface area contributed by atoms with Crippen molar-refractivity contribution >= 4 is 16.3 Å². The van der Waals surface area contributed by atoms with Crippen molar-refractivity contribution in [1.29, 1.82) is 0 Å².